The minimum Gasteiger partial charge on any atom is -0.207 e. The van der Waals surface area contributed by atoms with Crippen LogP contribution in [0.4, 0.5) is 4.39 Å². The molecule has 0 atom stereocenters. The third-order valence-electron chi connectivity index (χ3n) is 2.90. The van der Waals surface area contributed by atoms with Gasteiger partial charge in [-0.25, -0.2) is 12.8 Å². The van der Waals surface area contributed by atoms with Crippen molar-refractivity contribution >= 4 is 26.0 Å². The van der Waals surface area contributed by atoms with Crippen LogP contribution in [0.1, 0.15) is 19.3 Å². The highest BCUT2D eigenvalue weighted by Gasteiger charge is 2.37. The standard InChI is InChI=1S/C12H12BrFN2O2S/c13-11-5-4-10(8-12(11)14)19(17,18)16(7-1-6-15)9-2-3-9/h4-5,8-9H,1-3,7H2. The van der Waals surface area contributed by atoms with E-state index in [1.165, 1.54) is 16.4 Å². The molecule has 19 heavy (non-hydrogen) atoms. The number of nitrogens with zero attached hydrogens (tertiary/aromatic N) is 2. The Labute approximate surface area is 120 Å². The van der Waals surface area contributed by atoms with Crippen molar-refractivity contribution in [2.75, 3.05) is 6.54 Å². The van der Waals surface area contributed by atoms with Gasteiger partial charge in [0, 0.05) is 19.0 Å². The van der Waals surface area contributed by atoms with Crippen LogP contribution in [0.15, 0.2) is 27.6 Å². The van der Waals surface area contributed by atoms with Crippen LogP contribution in [0, 0.1) is 17.1 Å². The summed E-state index contributed by atoms with van der Waals surface area (Å²) in [7, 11) is -3.73. The first-order chi connectivity index (χ1) is 8.96. The molecular weight excluding hydrogens is 335 g/mol. The lowest BCUT2D eigenvalue weighted by Gasteiger charge is -2.20. The first-order valence-corrected chi connectivity index (χ1v) is 8.04. The summed E-state index contributed by atoms with van der Waals surface area (Å²) in [6.45, 7) is 0.154. The van der Waals surface area contributed by atoms with E-state index in [0.717, 1.165) is 18.9 Å². The van der Waals surface area contributed by atoms with Crippen LogP contribution >= 0.6 is 15.9 Å². The van der Waals surface area contributed by atoms with Gasteiger partial charge in [0.05, 0.1) is 15.4 Å². The Bertz CT molecular complexity index is 623. The molecule has 1 aromatic carbocycles. The third-order valence-corrected chi connectivity index (χ3v) is 5.49. The zero-order valence-electron chi connectivity index (χ0n) is 10.0. The maximum absolute atomic E-state index is 13.5. The summed E-state index contributed by atoms with van der Waals surface area (Å²) < 4.78 is 39.8. The van der Waals surface area contributed by atoms with Gasteiger partial charge in [0.2, 0.25) is 10.0 Å². The van der Waals surface area contributed by atoms with Crippen molar-refractivity contribution in [2.24, 2.45) is 0 Å². The highest BCUT2D eigenvalue weighted by Crippen LogP contribution is 2.32. The zero-order valence-corrected chi connectivity index (χ0v) is 12.4. The summed E-state index contributed by atoms with van der Waals surface area (Å²) in [5.41, 5.74) is 0. The van der Waals surface area contributed by atoms with Crippen LogP contribution in [0.5, 0.6) is 0 Å². The fraction of sp³-hybridized carbons (Fsp3) is 0.417. The van der Waals surface area contributed by atoms with Gasteiger partial charge >= 0.3 is 0 Å². The molecule has 0 saturated heterocycles. The van der Waals surface area contributed by atoms with Crippen molar-refractivity contribution in [3.05, 3.63) is 28.5 Å². The van der Waals surface area contributed by atoms with Gasteiger partial charge in [0.1, 0.15) is 5.82 Å². The summed E-state index contributed by atoms with van der Waals surface area (Å²) in [5, 5.41) is 8.60. The number of hydrogen-bond donors (Lipinski definition) is 0. The van der Waals surface area contributed by atoms with E-state index in [4.69, 9.17) is 5.26 Å². The van der Waals surface area contributed by atoms with E-state index in [9.17, 15) is 12.8 Å². The van der Waals surface area contributed by atoms with Gasteiger partial charge in [-0.2, -0.15) is 9.57 Å². The number of rotatable bonds is 5. The smallest absolute Gasteiger partial charge is 0.207 e. The van der Waals surface area contributed by atoms with E-state index in [2.05, 4.69) is 15.9 Å². The van der Waals surface area contributed by atoms with Gasteiger partial charge in [-0.1, -0.05) is 0 Å². The quantitative estimate of drug-likeness (QED) is 0.823. The predicted octanol–water partition coefficient (Wildman–Crippen LogP) is 2.65. The SMILES string of the molecule is N#CCCN(C1CC1)S(=O)(=O)c1ccc(Br)c(F)c1. The number of halogens is 2. The second kappa shape index (κ2) is 5.57. The van der Waals surface area contributed by atoms with Crippen molar-refractivity contribution in [1.82, 2.24) is 4.31 Å². The minimum absolute atomic E-state index is 0.0509. The highest BCUT2D eigenvalue weighted by atomic mass is 79.9. The summed E-state index contributed by atoms with van der Waals surface area (Å²) in [6.07, 6.45) is 1.72. The number of nitriles is 1. The van der Waals surface area contributed by atoms with E-state index in [1.54, 1.807) is 0 Å². The van der Waals surface area contributed by atoms with Crippen LogP contribution < -0.4 is 0 Å². The van der Waals surface area contributed by atoms with Gasteiger partial charge in [0.15, 0.2) is 0 Å². The largest absolute Gasteiger partial charge is 0.243 e. The van der Waals surface area contributed by atoms with Crippen molar-refractivity contribution < 1.29 is 12.8 Å². The topological polar surface area (TPSA) is 61.2 Å². The maximum Gasteiger partial charge on any atom is 0.243 e. The molecule has 0 N–H and O–H groups in total. The molecule has 1 fully saturated rings. The van der Waals surface area contributed by atoms with Crippen LogP contribution in [0.25, 0.3) is 0 Å². The summed E-state index contributed by atoms with van der Waals surface area (Å²) in [6, 6.07) is 5.63. The van der Waals surface area contributed by atoms with E-state index in [1.807, 2.05) is 6.07 Å². The molecule has 1 aliphatic carbocycles. The first kappa shape index (κ1) is 14.4. The molecule has 0 radical (unpaired) electrons. The summed E-state index contributed by atoms with van der Waals surface area (Å²) >= 11 is 2.99. The highest BCUT2D eigenvalue weighted by molar-refractivity contribution is 9.10. The molecule has 0 aromatic heterocycles. The molecular formula is C12H12BrFN2O2S. The molecule has 7 heteroatoms. The normalized spacial score (nSPS) is 15.5. The Hall–Kier alpha value is -0.970. The number of sulfonamides is 1. The molecule has 1 saturated carbocycles. The molecule has 0 heterocycles. The second-order valence-electron chi connectivity index (χ2n) is 4.33. The third kappa shape index (κ3) is 3.14. The molecule has 1 aromatic rings. The Kier molecular flexibility index (Phi) is 4.23. The molecule has 102 valence electrons. The van der Waals surface area contributed by atoms with Gasteiger partial charge in [0.25, 0.3) is 0 Å². The van der Waals surface area contributed by atoms with E-state index < -0.39 is 15.8 Å². The average molecular weight is 347 g/mol. The molecule has 2 rings (SSSR count). The van der Waals surface area contributed by atoms with Crippen LogP contribution in [0.3, 0.4) is 0 Å². The summed E-state index contributed by atoms with van der Waals surface area (Å²) in [5.74, 6) is -0.614. The maximum atomic E-state index is 13.5. The van der Waals surface area contributed by atoms with E-state index >= 15 is 0 Å². The van der Waals surface area contributed by atoms with Crippen molar-refractivity contribution in [1.29, 1.82) is 5.26 Å². The fourth-order valence-electron chi connectivity index (χ4n) is 1.79. The monoisotopic (exact) mass is 346 g/mol. The number of hydrogen-bond acceptors (Lipinski definition) is 3. The Morgan fingerprint density at radius 2 is 2.16 bits per heavy atom. The molecule has 4 nitrogen and oxygen atoms in total. The van der Waals surface area contributed by atoms with Crippen LogP contribution in [-0.2, 0) is 10.0 Å². The molecule has 0 spiro atoms. The zero-order chi connectivity index (χ0) is 14.0. The minimum atomic E-state index is -3.73. The second-order valence-corrected chi connectivity index (χ2v) is 7.08. The lowest BCUT2D eigenvalue weighted by Crippen LogP contribution is -2.34. The van der Waals surface area contributed by atoms with Gasteiger partial charge in [-0.3, -0.25) is 0 Å². The molecule has 0 bridgehead atoms. The van der Waals surface area contributed by atoms with Gasteiger partial charge in [-0.15, -0.1) is 0 Å². The molecule has 0 unspecified atom stereocenters. The van der Waals surface area contributed by atoms with E-state index in [-0.39, 0.29) is 28.4 Å². The van der Waals surface area contributed by atoms with Gasteiger partial charge in [-0.05, 0) is 47.0 Å². The number of benzene rings is 1. The lowest BCUT2D eigenvalue weighted by molar-refractivity contribution is 0.410. The van der Waals surface area contributed by atoms with Gasteiger partial charge < -0.3 is 0 Å². The Morgan fingerprint density at radius 3 is 2.68 bits per heavy atom. The lowest BCUT2D eigenvalue weighted by atomic mass is 10.3. The van der Waals surface area contributed by atoms with Crippen molar-refractivity contribution in [2.45, 2.75) is 30.2 Å². The molecule has 0 aliphatic heterocycles. The average Bonchev–Trinajstić information content (AvgIpc) is 3.17. The Morgan fingerprint density at radius 1 is 1.47 bits per heavy atom. The molecule has 1 aliphatic rings. The Balaban J connectivity index is 2.33. The summed E-state index contributed by atoms with van der Waals surface area (Å²) in [4.78, 5) is -0.0713. The van der Waals surface area contributed by atoms with Crippen LogP contribution in [0.2, 0.25) is 0 Å². The van der Waals surface area contributed by atoms with Crippen molar-refractivity contribution in [3.63, 3.8) is 0 Å². The van der Waals surface area contributed by atoms with Crippen LogP contribution in [-0.4, -0.2) is 25.3 Å². The van der Waals surface area contributed by atoms with Crippen molar-refractivity contribution in [3.8, 4) is 6.07 Å². The fourth-order valence-corrected chi connectivity index (χ4v) is 3.74. The van der Waals surface area contributed by atoms with E-state index in [0.29, 0.717) is 0 Å². The predicted molar refractivity (Wildman–Crippen MR) is 71.2 cm³/mol. The molecule has 0 amide bonds. The first-order valence-electron chi connectivity index (χ1n) is 5.80.